The second-order valence-corrected chi connectivity index (χ2v) is 7.46. The van der Waals surface area contributed by atoms with Gasteiger partial charge in [0.15, 0.2) is 0 Å². The molecule has 0 saturated carbocycles. The van der Waals surface area contributed by atoms with Gasteiger partial charge < -0.3 is 15.4 Å². The Morgan fingerprint density at radius 3 is 2.63 bits per heavy atom. The van der Waals surface area contributed by atoms with Gasteiger partial charge in [-0.25, -0.2) is 4.98 Å². The lowest BCUT2D eigenvalue weighted by Crippen LogP contribution is -2.41. The molecule has 1 aliphatic rings. The van der Waals surface area contributed by atoms with E-state index in [0.717, 1.165) is 55.9 Å². The van der Waals surface area contributed by atoms with Gasteiger partial charge in [-0.15, -0.1) is 0 Å². The summed E-state index contributed by atoms with van der Waals surface area (Å²) in [7, 11) is 0. The summed E-state index contributed by atoms with van der Waals surface area (Å²) in [5.74, 6) is 0.586. The molecule has 4 rings (SSSR count). The van der Waals surface area contributed by atoms with Crippen molar-refractivity contribution in [2.75, 3.05) is 44.7 Å². The van der Waals surface area contributed by atoms with E-state index in [9.17, 15) is 4.79 Å². The number of hydrogen-bond acceptors (Lipinski definition) is 5. The summed E-state index contributed by atoms with van der Waals surface area (Å²) in [6.07, 6.45) is 1.00. The lowest BCUT2D eigenvalue weighted by atomic mass is 10.1. The molecule has 1 saturated heterocycles. The zero-order valence-electron chi connectivity index (χ0n) is 17.4. The van der Waals surface area contributed by atoms with Crippen LogP contribution in [0.25, 0.3) is 10.9 Å². The number of anilines is 2. The number of para-hydroxylation sites is 1. The largest absolute Gasteiger partial charge is 0.379 e. The maximum Gasteiger partial charge on any atom is 0.252 e. The Morgan fingerprint density at radius 1 is 1.10 bits per heavy atom. The summed E-state index contributed by atoms with van der Waals surface area (Å²) in [6.45, 7) is 6.92. The minimum Gasteiger partial charge on any atom is -0.379 e. The minimum absolute atomic E-state index is 0.0776. The number of benzene rings is 2. The predicted octanol–water partition coefficient (Wildman–Crippen LogP) is 3.60. The highest BCUT2D eigenvalue weighted by atomic mass is 16.5. The van der Waals surface area contributed by atoms with Gasteiger partial charge in [-0.2, -0.15) is 0 Å². The Morgan fingerprint density at radius 2 is 1.87 bits per heavy atom. The molecule has 1 fully saturated rings. The zero-order valence-corrected chi connectivity index (χ0v) is 17.4. The van der Waals surface area contributed by atoms with E-state index in [0.29, 0.717) is 17.9 Å². The first kappa shape index (κ1) is 20.3. The van der Waals surface area contributed by atoms with E-state index in [-0.39, 0.29) is 5.91 Å². The number of nitrogens with one attached hydrogen (secondary N) is 2. The quantitative estimate of drug-likeness (QED) is 0.630. The number of fused-ring (bicyclic) bond motifs is 1. The topological polar surface area (TPSA) is 66.5 Å². The molecular formula is C24H28N4O2. The van der Waals surface area contributed by atoms with Crippen LogP contribution in [0.3, 0.4) is 0 Å². The molecule has 6 heteroatoms. The fraction of sp³-hybridized carbons (Fsp3) is 0.333. The molecule has 3 aromatic rings. The van der Waals surface area contributed by atoms with Crippen LogP contribution in [0, 0.1) is 0 Å². The molecule has 0 aliphatic carbocycles. The van der Waals surface area contributed by atoms with Gasteiger partial charge in [-0.05, 0) is 36.2 Å². The van der Waals surface area contributed by atoms with Crippen LogP contribution < -0.4 is 10.6 Å². The number of aryl methyl sites for hydroxylation is 1. The van der Waals surface area contributed by atoms with Gasteiger partial charge in [0.05, 0.1) is 24.3 Å². The number of aromatic nitrogens is 1. The molecule has 1 aromatic heterocycles. The molecule has 0 atom stereocenters. The van der Waals surface area contributed by atoms with E-state index in [4.69, 9.17) is 9.72 Å². The third-order valence-electron chi connectivity index (χ3n) is 5.41. The summed E-state index contributed by atoms with van der Waals surface area (Å²) in [5.41, 5.74) is 3.67. The van der Waals surface area contributed by atoms with Crippen LogP contribution in [-0.4, -0.2) is 55.2 Å². The van der Waals surface area contributed by atoms with Gasteiger partial charge in [-0.1, -0.05) is 37.3 Å². The lowest BCUT2D eigenvalue weighted by Gasteiger charge is -2.26. The molecule has 1 aliphatic heterocycles. The highest BCUT2D eigenvalue weighted by Gasteiger charge is 2.14. The molecule has 2 aromatic carbocycles. The summed E-state index contributed by atoms with van der Waals surface area (Å²) >= 11 is 0. The third-order valence-corrected chi connectivity index (χ3v) is 5.41. The molecule has 30 heavy (non-hydrogen) atoms. The number of nitrogens with zero attached hydrogens (tertiary/aromatic N) is 2. The fourth-order valence-electron chi connectivity index (χ4n) is 3.65. The van der Waals surface area contributed by atoms with Crippen molar-refractivity contribution in [3.05, 3.63) is 65.7 Å². The van der Waals surface area contributed by atoms with E-state index in [1.54, 1.807) is 0 Å². The van der Waals surface area contributed by atoms with Crippen LogP contribution in [0.2, 0.25) is 0 Å². The summed E-state index contributed by atoms with van der Waals surface area (Å²) in [6, 6.07) is 17.9. The zero-order chi connectivity index (χ0) is 20.8. The van der Waals surface area contributed by atoms with Crippen molar-refractivity contribution in [1.82, 2.24) is 15.2 Å². The van der Waals surface area contributed by atoms with E-state index in [2.05, 4.69) is 34.6 Å². The molecule has 156 valence electrons. The highest BCUT2D eigenvalue weighted by molar-refractivity contribution is 6.07. The Labute approximate surface area is 177 Å². The summed E-state index contributed by atoms with van der Waals surface area (Å²) in [4.78, 5) is 20.0. The first-order valence-corrected chi connectivity index (χ1v) is 10.6. The molecule has 2 heterocycles. The average Bonchev–Trinajstić information content (AvgIpc) is 2.79. The van der Waals surface area contributed by atoms with Crippen molar-refractivity contribution in [3.8, 4) is 0 Å². The first-order valence-electron chi connectivity index (χ1n) is 10.6. The van der Waals surface area contributed by atoms with Gasteiger partial charge in [0.25, 0.3) is 5.91 Å². The number of hydrogen-bond donors (Lipinski definition) is 2. The average molecular weight is 405 g/mol. The van der Waals surface area contributed by atoms with Gasteiger partial charge in [-0.3, -0.25) is 9.69 Å². The monoisotopic (exact) mass is 404 g/mol. The second kappa shape index (κ2) is 9.69. The number of amides is 1. The number of rotatable bonds is 7. The number of pyridine rings is 1. The first-order chi connectivity index (χ1) is 14.7. The standard InChI is InChI=1S/C24H28N4O2/c1-2-18-7-9-19(10-8-18)26-23-17-21(20-5-3-4-6-22(20)27-23)24(29)25-11-12-28-13-15-30-16-14-28/h3-10,17H,2,11-16H2,1H3,(H,25,29)(H,26,27). The van der Waals surface area contributed by atoms with Crippen molar-refractivity contribution in [3.63, 3.8) is 0 Å². The highest BCUT2D eigenvalue weighted by Crippen LogP contribution is 2.23. The lowest BCUT2D eigenvalue weighted by molar-refractivity contribution is 0.0383. The van der Waals surface area contributed by atoms with Gasteiger partial charge in [0.1, 0.15) is 5.82 Å². The summed E-state index contributed by atoms with van der Waals surface area (Å²) < 4.78 is 5.38. The van der Waals surface area contributed by atoms with Crippen LogP contribution in [0.15, 0.2) is 54.6 Å². The molecule has 0 bridgehead atoms. The van der Waals surface area contributed by atoms with E-state index < -0.39 is 0 Å². The number of carbonyl (C=O) groups excluding carboxylic acids is 1. The van der Waals surface area contributed by atoms with E-state index >= 15 is 0 Å². The van der Waals surface area contributed by atoms with Gasteiger partial charge >= 0.3 is 0 Å². The van der Waals surface area contributed by atoms with Gasteiger partial charge in [0, 0.05) is 37.3 Å². The number of ether oxygens (including phenoxy) is 1. The maximum atomic E-state index is 13.0. The van der Waals surface area contributed by atoms with Crippen LogP contribution in [0.4, 0.5) is 11.5 Å². The van der Waals surface area contributed by atoms with Crippen molar-refractivity contribution in [1.29, 1.82) is 0 Å². The van der Waals surface area contributed by atoms with Crippen LogP contribution in [-0.2, 0) is 11.2 Å². The van der Waals surface area contributed by atoms with Crippen LogP contribution in [0.5, 0.6) is 0 Å². The van der Waals surface area contributed by atoms with Crippen LogP contribution in [0.1, 0.15) is 22.8 Å². The maximum absolute atomic E-state index is 13.0. The van der Waals surface area contributed by atoms with Crippen molar-refractivity contribution < 1.29 is 9.53 Å². The Balaban J connectivity index is 1.51. The van der Waals surface area contributed by atoms with E-state index in [1.165, 1.54) is 5.56 Å². The van der Waals surface area contributed by atoms with Crippen molar-refractivity contribution >= 4 is 28.3 Å². The molecule has 6 nitrogen and oxygen atoms in total. The molecular weight excluding hydrogens is 376 g/mol. The number of morpholine rings is 1. The third kappa shape index (κ3) is 4.96. The molecule has 0 unspecified atom stereocenters. The van der Waals surface area contributed by atoms with Gasteiger partial charge in [0.2, 0.25) is 0 Å². The predicted molar refractivity (Wildman–Crippen MR) is 120 cm³/mol. The smallest absolute Gasteiger partial charge is 0.252 e. The molecule has 0 spiro atoms. The Hall–Kier alpha value is -2.96. The molecule has 1 amide bonds. The number of carbonyl (C=O) groups is 1. The second-order valence-electron chi connectivity index (χ2n) is 7.46. The summed E-state index contributed by atoms with van der Waals surface area (Å²) in [5, 5.41) is 7.26. The van der Waals surface area contributed by atoms with Crippen molar-refractivity contribution in [2.45, 2.75) is 13.3 Å². The van der Waals surface area contributed by atoms with Crippen molar-refractivity contribution in [2.24, 2.45) is 0 Å². The Kier molecular flexibility index (Phi) is 6.57. The molecule has 0 radical (unpaired) electrons. The molecule has 2 N–H and O–H groups in total. The fourth-order valence-corrected chi connectivity index (χ4v) is 3.65. The SMILES string of the molecule is CCc1ccc(Nc2cc(C(=O)NCCN3CCOCC3)c3ccccc3n2)cc1. The normalized spacial score (nSPS) is 14.6. The van der Waals surface area contributed by atoms with E-state index in [1.807, 2.05) is 42.5 Å². The minimum atomic E-state index is -0.0776. The van der Waals surface area contributed by atoms with Crippen LogP contribution >= 0.6 is 0 Å². The Bertz CT molecular complexity index is 998.